The number of aromatic nitrogens is 2. The average molecular weight is 262 g/mol. The highest BCUT2D eigenvalue weighted by Crippen LogP contribution is 2.21. The lowest BCUT2D eigenvalue weighted by Gasteiger charge is -2.17. The van der Waals surface area contributed by atoms with E-state index >= 15 is 0 Å². The molecule has 1 heterocycles. The van der Waals surface area contributed by atoms with Crippen molar-refractivity contribution < 1.29 is 9.18 Å². The lowest BCUT2D eigenvalue weighted by Crippen LogP contribution is -2.29. The molecule has 0 aliphatic rings. The zero-order valence-electron chi connectivity index (χ0n) is 11.0. The van der Waals surface area contributed by atoms with Crippen molar-refractivity contribution in [3.63, 3.8) is 0 Å². The van der Waals surface area contributed by atoms with Crippen LogP contribution in [0.3, 0.4) is 0 Å². The zero-order chi connectivity index (χ0) is 14.2. The van der Waals surface area contributed by atoms with E-state index in [1.807, 2.05) is 0 Å². The Morgan fingerprint density at radius 3 is 2.68 bits per heavy atom. The first-order valence-corrected chi connectivity index (χ1v) is 5.74. The maximum atomic E-state index is 13.2. The molecule has 0 saturated carbocycles. The van der Waals surface area contributed by atoms with Crippen molar-refractivity contribution in [3.8, 4) is 0 Å². The van der Waals surface area contributed by atoms with Crippen LogP contribution in [0.1, 0.15) is 16.2 Å². The lowest BCUT2D eigenvalue weighted by atomic mass is 10.2. The largest absolute Gasteiger partial charge is 0.395 e. The number of anilines is 2. The first-order chi connectivity index (χ1) is 8.91. The molecule has 1 aromatic carbocycles. The van der Waals surface area contributed by atoms with Gasteiger partial charge in [-0.15, -0.1) is 0 Å². The molecule has 100 valence electrons. The van der Waals surface area contributed by atoms with Gasteiger partial charge in [0, 0.05) is 19.8 Å². The van der Waals surface area contributed by atoms with Crippen LogP contribution in [0, 0.1) is 12.7 Å². The number of nitrogens with two attached hydrogens (primary N) is 1. The van der Waals surface area contributed by atoms with E-state index < -0.39 is 5.82 Å². The number of nitrogens with zero attached hydrogens (tertiary/aromatic N) is 3. The standard InChI is InChI=1S/C13H15FN4O/c1-8-11(15)12(18(3)16-8)13(19)17(2)10-6-4-5-9(14)7-10/h4-7H,15H2,1-3H3. The van der Waals surface area contributed by atoms with Gasteiger partial charge in [0.1, 0.15) is 11.5 Å². The third-order valence-electron chi connectivity index (χ3n) is 2.97. The third-order valence-corrected chi connectivity index (χ3v) is 2.97. The monoisotopic (exact) mass is 262 g/mol. The Balaban J connectivity index is 2.39. The predicted molar refractivity (Wildman–Crippen MR) is 71.5 cm³/mol. The van der Waals surface area contributed by atoms with Gasteiger partial charge in [-0.25, -0.2) is 4.39 Å². The Bertz CT molecular complexity index is 636. The molecule has 1 aromatic heterocycles. The van der Waals surface area contributed by atoms with Crippen LogP contribution in [0.25, 0.3) is 0 Å². The van der Waals surface area contributed by atoms with Crippen molar-refractivity contribution in [2.45, 2.75) is 6.92 Å². The molecular formula is C13H15FN4O. The summed E-state index contributed by atoms with van der Waals surface area (Å²) in [5.41, 5.74) is 7.54. The van der Waals surface area contributed by atoms with Gasteiger partial charge in [-0.3, -0.25) is 9.48 Å². The Labute approximate surface area is 110 Å². The lowest BCUT2D eigenvalue weighted by molar-refractivity contribution is 0.0985. The van der Waals surface area contributed by atoms with Crippen molar-refractivity contribution in [3.05, 3.63) is 41.5 Å². The van der Waals surface area contributed by atoms with Crippen LogP contribution in [0.4, 0.5) is 15.8 Å². The zero-order valence-corrected chi connectivity index (χ0v) is 11.0. The SMILES string of the molecule is Cc1nn(C)c(C(=O)N(C)c2cccc(F)c2)c1N. The van der Waals surface area contributed by atoms with E-state index in [1.54, 1.807) is 33.2 Å². The average Bonchev–Trinajstić information content (AvgIpc) is 2.61. The molecule has 1 amide bonds. The Morgan fingerprint density at radius 2 is 2.16 bits per heavy atom. The van der Waals surface area contributed by atoms with Crippen LogP contribution < -0.4 is 10.6 Å². The number of benzene rings is 1. The van der Waals surface area contributed by atoms with Crippen molar-refractivity contribution in [2.75, 3.05) is 17.7 Å². The van der Waals surface area contributed by atoms with Gasteiger partial charge >= 0.3 is 0 Å². The highest BCUT2D eigenvalue weighted by Gasteiger charge is 2.22. The van der Waals surface area contributed by atoms with Crippen molar-refractivity contribution in [1.29, 1.82) is 0 Å². The number of halogens is 1. The molecule has 2 rings (SSSR count). The summed E-state index contributed by atoms with van der Waals surface area (Å²) in [5, 5.41) is 4.10. The third kappa shape index (κ3) is 2.29. The normalized spacial score (nSPS) is 10.5. The molecule has 2 N–H and O–H groups in total. The summed E-state index contributed by atoms with van der Waals surface area (Å²) in [7, 11) is 3.22. The fourth-order valence-electron chi connectivity index (χ4n) is 1.89. The molecule has 6 heteroatoms. The summed E-state index contributed by atoms with van der Waals surface area (Å²) in [5.74, 6) is -0.725. The van der Waals surface area contributed by atoms with Crippen LogP contribution in [0.2, 0.25) is 0 Å². The van der Waals surface area contributed by atoms with E-state index in [0.717, 1.165) is 0 Å². The predicted octanol–water partition coefficient (Wildman–Crippen LogP) is 1.73. The molecule has 2 aromatic rings. The minimum Gasteiger partial charge on any atom is -0.395 e. The maximum absolute atomic E-state index is 13.2. The highest BCUT2D eigenvalue weighted by atomic mass is 19.1. The second kappa shape index (κ2) is 4.72. The molecule has 0 spiro atoms. The number of hydrogen-bond donors (Lipinski definition) is 1. The van der Waals surface area contributed by atoms with Gasteiger partial charge in [0.15, 0.2) is 0 Å². The number of rotatable bonds is 2. The molecule has 0 aliphatic heterocycles. The van der Waals surface area contributed by atoms with E-state index in [-0.39, 0.29) is 5.91 Å². The van der Waals surface area contributed by atoms with E-state index in [4.69, 9.17) is 5.73 Å². The molecule has 0 bridgehead atoms. The van der Waals surface area contributed by atoms with Crippen LogP contribution in [0.15, 0.2) is 24.3 Å². The quantitative estimate of drug-likeness (QED) is 0.896. The van der Waals surface area contributed by atoms with Crippen LogP contribution in [0.5, 0.6) is 0 Å². The molecular weight excluding hydrogens is 247 g/mol. The summed E-state index contributed by atoms with van der Waals surface area (Å²) in [6.07, 6.45) is 0. The van der Waals surface area contributed by atoms with Crippen LogP contribution in [-0.2, 0) is 7.05 Å². The number of amides is 1. The van der Waals surface area contributed by atoms with Gasteiger partial charge in [0.05, 0.1) is 11.4 Å². The first kappa shape index (κ1) is 13.1. The van der Waals surface area contributed by atoms with Gasteiger partial charge in [-0.05, 0) is 25.1 Å². The number of hydrogen-bond acceptors (Lipinski definition) is 3. The van der Waals surface area contributed by atoms with E-state index in [2.05, 4.69) is 5.10 Å². The number of carbonyl (C=O) groups is 1. The minimum absolute atomic E-state index is 0.296. The Hall–Kier alpha value is -2.37. The molecule has 0 radical (unpaired) electrons. The van der Waals surface area contributed by atoms with Gasteiger partial charge in [-0.1, -0.05) is 6.07 Å². The molecule has 5 nitrogen and oxygen atoms in total. The minimum atomic E-state index is -0.397. The van der Waals surface area contributed by atoms with Gasteiger partial charge in [0.2, 0.25) is 0 Å². The fraction of sp³-hybridized carbons (Fsp3) is 0.231. The Morgan fingerprint density at radius 1 is 1.47 bits per heavy atom. The second-order valence-electron chi connectivity index (χ2n) is 4.32. The smallest absolute Gasteiger partial charge is 0.278 e. The van der Waals surface area contributed by atoms with Crippen LogP contribution >= 0.6 is 0 Å². The summed E-state index contributed by atoms with van der Waals surface area (Å²) in [6, 6.07) is 5.81. The summed E-state index contributed by atoms with van der Waals surface area (Å²) < 4.78 is 14.6. The Kier molecular flexibility index (Phi) is 3.25. The van der Waals surface area contributed by atoms with E-state index in [9.17, 15) is 9.18 Å². The highest BCUT2D eigenvalue weighted by molar-refractivity contribution is 6.08. The van der Waals surface area contributed by atoms with Gasteiger partial charge in [0.25, 0.3) is 5.91 Å². The van der Waals surface area contributed by atoms with E-state index in [1.165, 1.54) is 21.7 Å². The molecule has 0 aliphatic carbocycles. The topological polar surface area (TPSA) is 64.2 Å². The summed E-state index contributed by atoms with van der Waals surface area (Å²) in [4.78, 5) is 13.7. The van der Waals surface area contributed by atoms with Crippen LogP contribution in [-0.4, -0.2) is 22.7 Å². The second-order valence-corrected chi connectivity index (χ2v) is 4.32. The van der Waals surface area contributed by atoms with Gasteiger partial charge < -0.3 is 10.6 Å². The maximum Gasteiger partial charge on any atom is 0.278 e. The number of carbonyl (C=O) groups excluding carboxylic acids is 1. The van der Waals surface area contributed by atoms with Crippen molar-refractivity contribution in [2.24, 2.45) is 7.05 Å². The molecule has 19 heavy (non-hydrogen) atoms. The van der Waals surface area contributed by atoms with Crippen molar-refractivity contribution >= 4 is 17.3 Å². The molecule has 0 unspecified atom stereocenters. The molecule has 0 atom stereocenters. The van der Waals surface area contributed by atoms with Gasteiger partial charge in [-0.2, -0.15) is 5.10 Å². The fourth-order valence-corrected chi connectivity index (χ4v) is 1.89. The first-order valence-electron chi connectivity index (χ1n) is 5.74. The summed E-state index contributed by atoms with van der Waals surface area (Å²) in [6.45, 7) is 1.73. The summed E-state index contributed by atoms with van der Waals surface area (Å²) >= 11 is 0. The van der Waals surface area contributed by atoms with Crippen molar-refractivity contribution in [1.82, 2.24) is 9.78 Å². The number of aryl methyl sites for hydroxylation is 2. The van der Waals surface area contributed by atoms with E-state index in [0.29, 0.717) is 22.8 Å². The molecule has 0 saturated heterocycles. The molecule has 0 fully saturated rings. The number of nitrogen functional groups attached to an aromatic ring is 1.